The van der Waals surface area contributed by atoms with Crippen LogP contribution in [-0.4, -0.2) is 15.7 Å². The molecule has 0 saturated carbocycles. The molecule has 0 aliphatic rings. The number of rotatable bonds is 1. The fourth-order valence-corrected chi connectivity index (χ4v) is 0.844. The second kappa shape index (κ2) is 4.78. The Kier molecular flexibility index (Phi) is 3.62. The summed E-state index contributed by atoms with van der Waals surface area (Å²) in [5, 5.41) is 0. The Morgan fingerprint density at radius 1 is 1.50 bits per heavy atom. The van der Waals surface area contributed by atoms with Crippen LogP contribution in [0.25, 0.3) is 0 Å². The highest BCUT2D eigenvalue weighted by atomic mass is 32.1. The maximum absolute atomic E-state index is 4.18. The normalized spacial score (nSPS) is 8.83. The molecule has 0 amide bonds. The third kappa shape index (κ3) is 2.93. The van der Waals surface area contributed by atoms with Crippen molar-refractivity contribution in [3.8, 4) is 11.8 Å². The van der Waals surface area contributed by atoms with Crippen molar-refractivity contribution in [2.45, 2.75) is 13.3 Å². The molecular weight excluding hydrogens is 168 g/mol. The van der Waals surface area contributed by atoms with Crippen LogP contribution in [0.15, 0.2) is 12.4 Å². The zero-order chi connectivity index (χ0) is 8.81. The van der Waals surface area contributed by atoms with E-state index in [4.69, 9.17) is 0 Å². The van der Waals surface area contributed by atoms with Gasteiger partial charge in [-0.25, -0.2) is 4.98 Å². The third-order valence-electron chi connectivity index (χ3n) is 1.21. The fraction of sp³-hybridized carbons (Fsp3) is 0.333. The molecule has 1 heterocycles. The first-order chi connectivity index (χ1) is 5.83. The Morgan fingerprint density at radius 2 is 2.33 bits per heavy atom. The van der Waals surface area contributed by atoms with Crippen LogP contribution in [0.4, 0.5) is 0 Å². The summed E-state index contributed by atoms with van der Waals surface area (Å²) < 4.78 is 0. The molecular formula is C9H10N2S. The molecule has 1 rings (SSSR count). The van der Waals surface area contributed by atoms with Crippen molar-refractivity contribution in [1.82, 2.24) is 9.97 Å². The maximum atomic E-state index is 4.18. The lowest BCUT2D eigenvalue weighted by molar-refractivity contribution is 1.10. The zero-order valence-electron chi connectivity index (χ0n) is 6.91. The van der Waals surface area contributed by atoms with Crippen LogP contribution < -0.4 is 0 Å². The van der Waals surface area contributed by atoms with Gasteiger partial charge in [0.25, 0.3) is 0 Å². The number of aromatic nitrogens is 2. The molecule has 1 aromatic heterocycles. The van der Waals surface area contributed by atoms with Crippen molar-refractivity contribution in [3.05, 3.63) is 23.8 Å². The average Bonchev–Trinajstić information content (AvgIpc) is 2.05. The molecule has 3 heteroatoms. The van der Waals surface area contributed by atoms with Crippen molar-refractivity contribution < 1.29 is 0 Å². The zero-order valence-corrected chi connectivity index (χ0v) is 7.80. The molecule has 2 nitrogen and oxygen atoms in total. The average molecular weight is 178 g/mol. The summed E-state index contributed by atoms with van der Waals surface area (Å²) in [4.78, 5) is 8.16. The van der Waals surface area contributed by atoms with Gasteiger partial charge in [-0.05, 0) is 12.8 Å². The van der Waals surface area contributed by atoms with Crippen LogP contribution in [0.2, 0.25) is 0 Å². The van der Waals surface area contributed by atoms with Crippen LogP contribution in [0.5, 0.6) is 0 Å². The van der Waals surface area contributed by atoms with Crippen molar-refractivity contribution in [1.29, 1.82) is 0 Å². The lowest BCUT2D eigenvalue weighted by Crippen LogP contribution is -1.87. The maximum Gasteiger partial charge on any atom is 0.131 e. The Labute approximate surface area is 77.8 Å². The third-order valence-corrected chi connectivity index (χ3v) is 1.43. The van der Waals surface area contributed by atoms with E-state index in [1.807, 2.05) is 6.92 Å². The highest BCUT2D eigenvalue weighted by Crippen LogP contribution is 1.92. The minimum absolute atomic E-state index is 0.733. The molecule has 0 aromatic carbocycles. The SMILES string of the molecule is Cc1cncc(C#CCCS)n1. The van der Waals surface area contributed by atoms with Crippen LogP contribution in [0.1, 0.15) is 17.8 Å². The van der Waals surface area contributed by atoms with E-state index >= 15 is 0 Å². The van der Waals surface area contributed by atoms with E-state index in [-0.39, 0.29) is 0 Å². The monoisotopic (exact) mass is 178 g/mol. The van der Waals surface area contributed by atoms with Gasteiger partial charge in [0.15, 0.2) is 0 Å². The highest BCUT2D eigenvalue weighted by molar-refractivity contribution is 7.80. The Hall–Kier alpha value is -1.01. The predicted molar refractivity (Wildman–Crippen MR) is 52.1 cm³/mol. The Balaban J connectivity index is 2.71. The van der Waals surface area contributed by atoms with Gasteiger partial charge in [-0.2, -0.15) is 12.6 Å². The number of nitrogens with zero attached hydrogens (tertiary/aromatic N) is 2. The summed E-state index contributed by atoms with van der Waals surface area (Å²) >= 11 is 4.05. The topological polar surface area (TPSA) is 25.8 Å². The van der Waals surface area contributed by atoms with Gasteiger partial charge in [0.2, 0.25) is 0 Å². The van der Waals surface area contributed by atoms with Crippen LogP contribution in [0.3, 0.4) is 0 Å². The second-order valence-electron chi connectivity index (χ2n) is 2.32. The molecule has 0 N–H and O–H groups in total. The van der Waals surface area contributed by atoms with E-state index in [0.717, 1.165) is 23.6 Å². The van der Waals surface area contributed by atoms with Crippen molar-refractivity contribution in [2.24, 2.45) is 0 Å². The van der Waals surface area contributed by atoms with Crippen molar-refractivity contribution >= 4 is 12.6 Å². The van der Waals surface area contributed by atoms with Gasteiger partial charge in [-0.3, -0.25) is 4.98 Å². The molecule has 0 aliphatic carbocycles. The van der Waals surface area contributed by atoms with E-state index in [2.05, 4.69) is 34.4 Å². The number of aryl methyl sites for hydroxylation is 1. The summed E-state index contributed by atoms with van der Waals surface area (Å²) in [6, 6.07) is 0. The van der Waals surface area contributed by atoms with Crippen molar-refractivity contribution in [2.75, 3.05) is 5.75 Å². The molecule has 0 radical (unpaired) electrons. The van der Waals surface area contributed by atoms with E-state index in [1.165, 1.54) is 0 Å². The van der Waals surface area contributed by atoms with E-state index < -0.39 is 0 Å². The predicted octanol–water partition coefficient (Wildman–Crippen LogP) is 1.46. The summed E-state index contributed by atoms with van der Waals surface area (Å²) in [6.45, 7) is 1.90. The Morgan fingerprint density at radius 3 is 3.00 bits per heavy atom. The minimum Gasteiger partial charge on any atom is -0.260 e. The van der Waals surface area contributed by atoms with E-state index in [1.54, 1.807) is 12.4 Å². The van der Waals surface area contributed by atoms with Gasteiger partial charge in [0.1, 0.15) is 5.69 Å². The quantitative estimate of drug-likeness (QED) is 0.520. The minimum atomic E-state index is 0.733. The number of hydrogen-bond acceptors (Lipinski definition) is 3. The van der Waals surface area contributed by atoms with Gasteiger partial charge in [-0.1, -0.05) is 5.92 Å². The van der Waals surface area contributed by atoms with Gasteiger partial charge in [-0.15, -0.1) is 0 Å². The molecule has 0 fully saturated rings. The molecule has 12 heavy (non-hydrogen) atoms. The molecule has 0 unspecified atom stereocenters. The number of thiol groups is 1. The highest BCUT2D eigenvalue weighted by Gasteiger charge is 1.88. The molecule has 0 atom stereocenters. The van der Waals surface area contributed by atoms with Crippen LogP contribution in [-0.2, 0) is 0 Å². The van der Waals surface area contributed by atoms with E-state index in [9.17, 15) is 0 Å². The first kappa shape index (κ1) is 9.08. The summed E-state index contributed by atoms with van der Waals surface area (Å²) in [6.07, 6.45) is 4.17. The molecule has 0 bridgehead atoms. The lowest BCUT2D eigenvalue weighted by atomic mass is 10.4. The first-order valence-corrected chi connectivity index (χ1v) is 4.34. The van der Waals surface area contributed by atoms with Gasteiger partial charge < -0.3 is 0 Å². The largest absolute Gasteiger partial charge is 0.260 e. The van der Waals surface area contributed by atoms with Crippen LogP contribution >= 0.6 is 12.6 Å². The van der Waals surface area contributed by atoms with Gasteiger partial charge >= 0.3 is 0 Å². The summed E-state index contributed by atoms with van der Waals surface area (Å²) in [5.41, 5.74) is 1.63. The number of hydrogen-bond donors (Lipinski definition) is 1. The molecule has 0 spiro atoms. The van der Waals surface area contributed by atoms with Gasteiger partial charge in [0.05, 0.1) is 11.9 Å². The lowest BCUT2D eigenvalue weighted by Gasteiger charge is -1.90. The molecule has 0 saturated heterocycles. The Bertz CT molecular complexity index is 312. The molecule has 1 aromatic rings. The van der Waals surface area contributed by atoms with Gasteiger partial charge in [0, 0.05) is 18.4 Å². The molecule has 62 valence electrons. The summed E-state index contributed by atoms with van der Waals surface area (Å²) in [7, 11) is 0. The van der Waals surface area contributed by atoms with E-state index in [0.29, 0.717) is 0 Å². The molecule has 0 aliphatic heterocycles. The second-order valence-corrected chi connectivity index (χ2v) is 2.77. The first-order valence-electron chi connectivity index (χ1n) is 3.71. The fourth-order valence-electron chi connectivity index (χ4n) is 0.733. The van der Waals surface area contributed by atoms with Crippen molar-refractivity contribution in [3.63, 3.8) is 0 Å². The smallest absolute Gasteiger partial charge is 0.131 e. The standard InChI is InChI=1S/C9H10N2S/c1-8-6-10-7-9(11-8)4-2-3-5-12/h6-7,12H,3,5H2,1H3. The summed E-state index contributed by atoms with van der Waals surface area (Å²) in [5.74, 6) is 6.65. The van der Waals surface area contributed by atoms with Crippen LogP contribution in [0, 0.1) is 18.8 Å².